The number of rotatable bonds is 6. The van der Waals surface area contributed by atoms with E-state index < -0.39 is 5.91 Å². The van der Waals surface area contributed by atoms with Crippen LogP contribution >= 0.6 is 0 Å². The van der Waals surface area contributed by atoms with Crippen LogP contribution in [0.1, 0.15) is 6.42 Å². The molecular weight excluding hydrogens is 210 g/mol. The average Bonchev–Trinajstić information content (AvgIpc) is 2.28. The molecule has 16 heavy (non-hydrogen) atoms. The molecule has 1 aromatic rings. The summed E-state index contributed by atoms with van der Waals surface area (Å²) in [5.41, 5.74) is 5.00. The molecule has 0 aliphatic carbocycles. The molecule has 5 nitrogen and oxygen atoms in total. The minimum Gasteiger partial charge on any atom is -0.496 e. The summed E-state index contributed by atoms with van der Waals surface area (Å²) in [7, 11) is 3.12. The van der Waals surface area contributed by atoms with E-state index in [1.807, 2.05) is 0 Å². The van der Waals surface area contributed by atoms with E-state index in [2.05, 4.69) is 0 Å². The second kappa shape index (κ2) is 5.85. The lowest BCUT2D eigenvalue weighted by molar-refractivity contribution is -0.118. The monoisotopic (exact) mass is 225 g/mol. The van der Waals surface area contributed by atoms with Crippen molar-refractivity contribution in [2.75, 3.05) is 20.8 Å². The molecule has 0 saturated heterocycles. The number of ether oxygens (including phenoxy) is 3. The molecule has 88 valence electrons. The van der Waals surface area contributed by atoms with Gasteiger partial charge in [0.2, 0.25) is 5.91 Å². The number of carbonyl (C=O) groups excluding carboxylic acids is 1. The van der Waals surface area contributed by atoms with E-state index in [4.69, 9.17) is 19.9 Å². The standard InChI is InChI=1S/C11H15NO4/c1-14-8-5-9(15-2)7-10(6-8)16-4-3-11(12)13/h5-7H,3-4H2,1-2H3,(H2,12,13). The third-order valence-electron chi connectivity index (χ3n) is 1.94. The smallest absolute Gasteiger partial charge is 0.220 e. The van der Waals surface area contributed by atoms with Gasteiger partial charge in [-0.05, 0) is 0 Å². The van der Waals surface area contributed by atoms with Gasteiger partial charge in [-0.1, -0.05) is 0 Å². The molecule has 0 heterocycles. The van der Waals surface area contributed by atoms with Crippen LogP contribution in [0.15, 0.2) is 18.2 Å². The maximum absolute atomic E-state index is 10.5. The topological polar surface area (TPSA) is 70.8 Å². The largest absolute Gasteiger partial charge is 0.496 e. The number of benzene rings is 1. The predicted octanol–water partition coefficient (Wildman–Crippen LogP) is 0.958. The van der Waals surface area contributed by atoms with Crippen molar-refractivity contribution in [2.24, 2.45) is 5.73 Å². The van der Waals surface area contributed by atoms with Gasteiger partial charge in [-0.15, -0.1) is 0 Å². The fraction of sp³-hybridized carbons (Fsp3) is 0.364. The van der Waals surface area contributed by atoms with Crippen LogP contribution in [0.4, 0.5) is 0 Å². The number of carbonyl (C=O) groups is 1. The van der Waals surface area contributed by atoms with E-state index in [1.165, 1.54) is 0 Å². The van der Waals surface area contributed by atoms with Crippen LogP contribution in [0.3, 0.4) is 0 Å². The third-order valence-corrected chi connectivity index (χ3v) is 1.94. The molecular formula is C11H15NO4. The van der Waals surface area contributed by atoms with E-state index in [1.54, 1.807) is 32.4 Å². The Kier molecular flexibility index (Phi) is 4.44. The number of amides is 1. The van der Waals surface area contributed by atoms with E-state index in [0.717, 1.165) is 0 Å². The molecule has 0 spiro atoms. The predicted molar refractivity (Wildman–Crippen MR) is 58.9 cm³/mol. The zero-order chi connectivity index (χ0) is 12.0. The first-order chi connectivity index (χ1) is 7.65. The molecule has 0 aromatic heterocycles. The van der Waals surface area contributed by atoms with Crippen molar-refractivity contribution in [1.29, 1.82) is 0 Å². The van der Waals surface area contributed by atoms with Gasteiger partial charge in [0.1, 0.15) is 17.2 Å². The number of methoxy groups -OCH3 is 2. The minimum atomic E-state index is -0.394. The Labute approximate surface area is 94.1 Å². The van der Waals surface area contributed by atoms with Gasteiger partial charge in [0.25, 0.3) is 0 Å². The Bertz CT molecular complexity index is 343. The number of hydrogen-bond donors (Lipinski definition) is 1. The summed E-state index contributed by atoms with van der Waals surface area (Å²) >= 11 is 0. The highest BCUT2D eigenvalue weighted by molar-refractivity contribution is 5.73. The van der Waals surface area contributed by atoms with E-state index in [9.17, 15) is 4.79 Å². The van der Waals surface area contributed by atoms with Crippen molar-refractivity contribution in [3.05, 3.63) is 18.2 Å². The van der Waals surface area contributed by atoms with Gasteiger partial charge < -0.3 is 19.9 Å². The van der Waals surface area contributed by atoms with Crippen molar-refractivity contribution < 1.29 is 19.0 Å². The van der Waals surface area contributed by atoms with Gasteiger partial charge in [-0.3, -0.25) is 4.79 Å². The normalized spacial score (nSPS) is 9.62. The van der Waals surface area contributed by atoms with Gasteiger partial charge >= 0.3 is 0 Å². The van der Waals surface area contributed by atoms with Crippen molar-refractivity contribution in [3.8, 4) is 17.2 Å². The SMILES string of the molecule is COc1cc(OC)cc(OCCC(N)=O)c1. The summed E-state index contributed by atoms with van der Waals surface area (Å²) < 4.78 is 15.5. The highest BCUT2D eigenvalue weighted by atomic mass is 16.5. The van der Waals surface area contributed by atoms with Gasteiger partial charge in [-0.25, -0.2) is 0 Å². The molecule has 0 fully saturated rings. The molecule has 0 unspecified atom stereocenters. The number of hydrogen-bond acceptors (Lipinski definition) is 4. The van der Waals surface area contributed by atoms with Crippen LogP contribution in [-0.2, 0) is 4.79 Å². The molecule has 1 aromatic carbocycles. The molecule has 1 amide bonds. The quantitative estimate of drug-likeness (QED) is 0.782. The highest BCUT2D eigenvalue weighted by Gasteiger charge is 2.03. The Morgan fingerprint density at radius 2 is 1.62 bits per heavy atom. The molecule has 2 N–H and O–H groups in total. The second-order valence-corrected chi connectivity index (χ2v) is 3.11. The molecule has 1 rings (SSSR count). The zero-order valence-corrected chi connectivity index (χ0v) is 9.36. The molecule has 0 aliphatic rings. The van der Waals surface area contributed by atoms with Crippen molar-refractivity contribution >= 4 is 5.91 Å². The van der Waals surface area contributed by atoms with Crippen molar-refractivity contribution in [1.82, 2.24) is 0 Å². The van der Waals surface area contributed by atoms with Crippen molar-refractivity contribution in [3.63, 3.8) is 0 Å². The Morgan fingerprint density at radius 1 is 1.12 bits per heavy atom. The molecule has 0 saturated carbocycles. The summed E-state index contributed by atoms with van der Waals surface area (Å²) in [5.74, 6) is 1.45. The third kappa shape index (κ3) is 3.68. The van der Waals surface area contributed by atoms with Crippen LogP contribution in [0.2, 0.25) is 0 Å². The van der Waals surface area contributed by atoms with Crippen LogP contribution in [0, 0.1) is 0 Å². The molecule has 0 bridgehead atoms. The summed E-state index contributed by atoms with van der Waals surface area (Å²) in [6.45, 7) is 0.242. The molecule has 0 atom stereocenters. The first kappa shape index (κ1) is 12.2. The van der Waals surface area contributed by atoms with Crippen molar-refractivity contribution in [2.45, 2.75) is 6.42 Å². The Morgan fingerprint density at radius 3 is 2.06 bits per heavy atom. The van der Waals surface area contributed by atoms with Gasteiger partial charge in [0.05, 0.1) is 27.2 Å². The Balaban J connectivity index is 2.67. The fourth-order valence-corrected chi connectivity index (χ4v) is 1.13. The van der Waals surface area contributed by atoms with E-state index >= 15 is 0 Å². The van der Waals surface area contributed by atoms with Crippen LogP contribution in [-0.4, -0.2) is 26.7 Å². The summed E-state index contributed by atoms with van der Waals surface area (Å²) in [6.07, 6.45) is 0.180. The lowest BCUT2D eigenvalue weighted by Gasteiger charge is -2.09. The zero-order valence-electron chi connectivity index (χ0n) is 9.36. The molecule has 0 aliphatic heterocycles. The summed E-state index contributed by atoms with van der Waals surface area (Å²) in [5, 5.41) is 0. The molecule has 0 radical (unpaired) electrons. The van der Waals surface area contributed by atoms with Crippen LogP contribution in [0.5, 0.6) is 17.2 Å². The van der Waals surface area contributed by atoms with Gasteiger partial charge in [-0.2, -0.15) is 0 Å². The molecule has 5 heteroatoms. The van der Waals surface area contributed by atoms with E-state index in [0.29, 0.717) is 17.2 Å². The number of primary amides is 1. The lowest BCUT2D eigenvalue weighted by atomic mass is 10.3. The minimum absolute atomic E-state index is 0.180. The van der Waals surface area contributed by atoms with Crippen LogP contribution in [0.25, 0.3) is 0 Å². The maximum atomic E-state index is 10.5. The van der Waals surface area contributed by atoms with E-state index in [-0.39, 0.29) is 13.0 Å². The second-order valence-electron chi connectivity index (χ2n) is 3.11. The lowest BCUT2D eigenvalue weighted by Crippen LogP contribution is -2.14. The summed E-state index contributed by atoms with van der Waals surface area (Å²) in [4.78, 5) is 10.5. The maximum Gasteiger partial charge on any atom is 0.220 e. The van der Waals surface area contributed by atoms with Gasteiger partial charge in [0, 0.05) is 18.2 Å². The fourth-order valence-electron chi connectivity index (χ4n) is 1.13. The van der Waals surface area contributed by atoms with Gasteiger partial charge in [0.15, 0.2) is 0 Å². The average molecular weight is 225 g/mol. The highest BCUT2D eigenvalue weighted by Crippen LogP contribution is 2.27. The first-order valence-corrected chi connectivity index (χ1v) is 4.80. The Hall–Kier alpha value is -1.91. The first-order valence-electron chi connectivity index (χ1n) is 4.80. The van der Waals surface area contributed by atoms with Crippen LogP contribution < -0.4 is 19.9 Å². The number of nitrogens with two attached hydrogens (primary N) is 1. The summed E-state index contributed by atoms with van der Waals surface area (Å²) in [6, 6.07) is 5.16.